The lowest BCUT2D eigenvalue weighted by molar-refractivity contribution is -0.145. The summed E-state index contributed by atoms with van der Waals surface area (Å²) in [6.45, 7) is 1.97. The molecule has 0 aliphatic heterocycles. The molecule has 0 unspecified atom stereocenters. The second-order valence-electron chi connectivity index (χ2n) is 5.84. The summed E-state index contributed by atoms with van der Waals surface area (Å²) in [6.07, 6.45) is 1.94. The normalized spacial score (nSPS) is 12.1. The maximum atomic E-state index is 12.1. The lowest BCUT2D eigenvalue weighted by Crippen LogP contribution is -2.17. The molecule has 128 valence electrons. The van der Waals surface area contributed by atoms with E-state index in [0.29, 0.717) is 11.3 Å². The molecule has 5 nitrogen and oxygen atoms in total. The second-order valence-corrected chi connectivity index (χ2v) is 6.75. The molecular weight excluding hydrogens is 384 g/mol. The average molecular weight is 401 g/mol. The summed E-state index contributed by atoms with van der Waals surface area (Å²) in [4.78, 5) is 28.5. The maximum absolute atomic E-state index is 12.1. The number of rotatable bonds is 5. The summed E-state index contributed by atoms with van der Waals surface area (Å²) in [6, 6.07) is 14.7. The third-order valence-electron chi connectivity index (χ3n) is 3.90. The number of carbonyl (C=O) groups is 1. The van der Waals surface area contributed by atoms with Gasteiger partial charge in [-0.25, -0.2) is 4.98 Å². The summed E-state index contributed by atoms with van der Waals surface area (Å²) in [7, 11) is 0. The number of halogens is 1. The molecule has 0 amide bonds. The molecular formula is C19H17BrN2O3. The molecule has 3 aromatic rings. The van der Waals surface area contributed by atoms with E-state index in [2.05, 4.69) is 20.9 Å². The Labute approximate surface area is 153 Å². The minimum absolute atomic E-state index is 0.0118. The van der Waals surface area contributed by atoms with Gasteiger partial charge < -0.3 is 4.74 Å². The van der Waals surface area contributed by atoms with Gasteiger partial charge in [-0.1, -0.05) is 37.3 Å². The first-order chi connectivity index (χ1) is 12.0. The number of hydrogen-bond donors (Lipinski definition) is 0. The molecule has 0 bridgehead atoms. The highest BCUT2D eigenvalue weighted by Gasteiger charge is 2.13. The number of esters is 1. The lowest BCUT2D eigenvalue weighted by atomic mass is 9.98. The summed E-state index contributed by atoms with van der Waals surface area (Å²) in [5.74, 6) is -0.240. The van der Waals surface area contributed by atoms with Gasteiger partial charge in [0.15, 0.2) is 0 Å². The number of benzene rings is 1. The molecule has 6 heteroatoms. The minimum atomic E-state index is -0.311. The van der Waals surface area contributed by atoms with Crippen molar-refractivity contribution < 1.29 is 9.53 Å². The van der Waals surface area contributed by atoms with Crippen LogP contribution in [-0.4, -0.2) is 15.4 Å². The molecule has 3 rings (SSSR count). The number of hydrogen-bond acceptors (Lipinski definition) is 4. The molecule has 0 radical (unpaired) electrons. The van der Waals surface area contributed by atoms with E-state index in [1.165, 1.54) is 10.5 Å². The van der Waals surface area contributed by atoms with Crippen molar-refractivity contribution in [3.8, 4) is 0 Å². The number of pyridine rings is 1. The quantitative estimate of drug-likeness (QED) is 0.612. The first-order valence-electron chi connectivity index (χ1n) is 7.91. The highest BCUT2D eigenvalue weighted by atomic mass is 79.9. The Morgan fingerprint density at radius 2 is 2.00 bits per heavy atom. The molecule has 1 aromatic carbocycles. The van der Waals surface area contributed by atoms with Crippen molar-refractivity contribution in [2.45, 2.75) is 25.9 Å². The molecule has 0 saturated carbocycles. The Balaban J connectivity index is 1.65. The number of nitrogens with zero attached hydrogens (tertiary/aromatic N) is 2. The SMILES string of the molecule is C[C@@H](CC(=O)OCc1cc(=O)n2cc(Br)ccc2n1)c1ccccc1. The van der Waals surface area contributed by atoms with E-state index >= 15 is 0 Å². The molecule has 1 atom stereocenters. The van der Waals surface area contributed by atoms with Crippen molar-refractivity contribution in [3.63, 3.8) is 0 Å². The Kier molecular flexibility index (Phi) is 5.28. The van der Waals surface area contributed by atoms with E-state index < -0.39 is 0 Å². The van der Waals surface area contributed by atoms with Gasteiger partial charge in [0.05, 0.1) is 12.1 Å². The minimum Gasteiger partial charge on any atom is -0.459 e. The van der Waals surface area contributed by atoms with Gasteiger partial charge in [0.1, 0.15) is 12.3 Å². The molecule has 0 N–H and O–H groups in total. The van der Waals surface area contributed by atoms with Crippen molar-refractivity contribution in [2.24, 2.45) is 0 Å². The van der Waals surface area contributed by atoms with E-state index in [-0.39, 0.29) is 30.5 Å². The first-order valence-corrected chi connectivity index (χ1v) is 8.70. The van der Waals surface area contributed by atoms with Crippen LogP contribution in [0.2, 0.25) is 0 Å². The zero-order valence-corrected chi connectivity index (χ0v) is 15.3. The van der Waals surface area contributed by atoms with Crippen LogP contribution in [0.15, 0.2) is 64.0 Å². The molecule has 0 aliphatic rings. The fourth-order valence-electron chi connectivity index (χ4n) is 2.56. The molecule has 25 heavy (non-hydrogen) atoms. The smallest absolute Gasteiger partial charge is 0.306 e. The summed E-state index contributed by atoms with van der Waals surface area (Å²) in [5, 5.41) is 0. The van der Waals surface area contributed by atoms with Crippen LogP contribution in [0.4, 0.5) is 0 Å². The van der Waals surface area contributed by atoms with Crippen LogP contribution >= 0.6 is 15.9 Å². The van der Waals surface area contributed by atoms with Crippen LogP contribution in [0.3, 0.4) is 0 Å². The first kappa shape index (κ1) is 17.4. The van der Waals surface area contributed by atoms with Crippen LogP contribution in [0.5, 0.6) is 0 Å². The third kappa shape index (κ3) is 4.33. The van der Waals surface area contributed by atoms with E-state index in [9.17, 15) is 9.59 Å². The Hall–Kier alpha value is -2.47. The Morgan fingerprint density at radius 1 is 1.24 bits per heavy atom. The van der Waals surface area contributed by atoms with Gasteiger partial charge in [-0.3, -0.25) is 14.0 Å². The molecule has 0 saturated heterocycles. The standard InChI is InChI=1S/C19H17BrN2O3/c1-13(14-5-3-2-4-6-14)9-19(24)25-12-16-10-18(23)22-11-15(20)7-8-17(22)21-16/h2-8,10-11,13H,9,12H2,1H3/t13-/m0/s1. The molecule has 2 aromatic heterocycles. The summed E-state index contributed by atoms with van der Waals surface area (Å²) < 4.78 is 7.52. The predicted octanol–water partition coefficient (Wildman–Crippen LogP) is 3.69. The van der Waals surface area contributed by atoms with E-state index in [1.54, 1.807) is 18.3 Å². The summed E-state index contributed by atoms with van der Waals surface area (Å²) in [5.41, 5.74) is 1.83. The zero-order valence-electron chi connectivity index (χ0n) is 13.7. The van der Waals surface area contributed by atoms with Crippen LogP contribution in [0.25, 0.3) is 5.65 Å². The zero-order chi connectivity index (χ0) is 17.8. The van der Waals surface area contributed by atoms with Gasteiger partial charge in [0, 0.05) is 16.7 Å². The van der Waals surface area contributed by atoms with Gasteiger partial charge >= 0.3 is 5.97 Å². The van der Waals surface area contributed by atoms with Crippen molar-refractivity contribution in [1.82, 2.24) is 9.38 Å². The number of ether oxygens (including phenoxy) is 1. The topological polar surface area (TPSA) is 60.7 Å². The Bertz CT molecular complexity index is 954. The number of fused-ring (bicyclic) bond motifs is 1. The van der Waals surface area contributed by atoms with Crippen molar-refractivity contribution >= 4 is 27.5 Å². The average Bonchev–Trinajstić information content (AvgIpc) is 2.61. The van der Waals surface area contributed by atoms with Gasteiger partial charge in [-0.15, -0.1) is 0 Å². The largest absolute Gasteiger partial charge is 0.459 e. The monoisotopic (exact) mass is 400 g/mol. The van der Waals surface area contributed by atoms with E-state index in [0.717, 1.165) is 10.0 Å². The van der Waals surface area contributed by atoms with Crippen LogP contribution in [0.1, 0.15) is 30.5 Å². The van der Waals surface area contributed by atoms with E-state index in [1.807, 2.05) is 37.3 Å². The van der Waals surface area contributed by atoms with Gasteiger partial charge in [0.25, 0.3) is 5.56 Å². The van der Waals surface area contributed by atoms with Gasteiger partial charge in [-0.05, 0) is 39.5 Å². The molecule has 0 fully saturated rings. The molecule has 0 spiro atoms. The van der Waals surface area contributed by atoms with Crippen LogP contribution < -0.4 is 5.56 Å². The van der Waals surface area contributed by atoms with Crippen molar-refractivity contribution in [2.75, 3.05) is 0 Å². The van der Waals surface area contributed by atoms with Crippen LogP contribution in [-0.2, 0) is 16.1 Å². The number of aromatic nitrogens is 2. The highest BCUT2D eigenvalue weighted by molar-refractivity contribution is 9.10. The van der Waals surface area contributed by atoms with E-state index in [4.69, 9.17) is 4.74 Å². The maximum Gasteiger partial charge on any atom is 0.306 e. The summed E-state index contributed by atoms with van der Waals surface area (Å²) >= 11 is 3.32. The third-order valence-corrected chi connectivity index (χ3v) is 4.37. The molecule has 0 aliphatic carbocycles. The predicted molar refractivity (Wildman–Crippen MR) is 98.4 cm³/mol. The van der Waals surface area contributed by atoms with Crippen molar-refractivity contribution in [3.05, 3.63) is 80.8 Å². The highest BCUT2D eigenvalue weighted by Crippen LogP contribution is 2.19. The van der Waals surface area contributed by atoms with Crippen LogP contribution in [0, 0.1) is 0 Å². The van der Waals surface area contributed by atoms with Gasteiger partial charge in [0.2, 0.25) is 0 Å². The Morgan fingerprint density at radius 3 is 2.76 bits per heavy atom. The van der Waals surface area contributed by atoms with Gasteiger partial charge in [-0.2, -0.15) is 0 Å². The fraction of sp³-hybridized carbons (Fsp3) is 0.211. The number of carbonyl (C=O) groups excluding carboxylic acids is 1. The molecule has 2 heterocycles. The van der Waals surface area contributed by atoms with Crippen molar-refractivity contribution in [1.29, 1.82) is 0 Å². The second kappa shape index (κ2) is 7.61. The fourth-order valence-corrected chi connectivity index (χ4v) is 2.90. The lowest BCUT2D eigenvalue weighted by Gasteiger charge is -2.11.